The summed E-state index contributed by atoms with van der Waals surface area (Å²) in [6.07, 6.45) is 0. The summed E-state index contributed by atoms with van der Waals surface area (Å²) >= 11 is 0. The molecule has 1 aromatic carbocycles. The van der Waals surface area contributed by atoms with Crippen LogP contribution in [0.2, 0.25) is 0 Å². The summed E-state index contributed by atoms with van der Waals surface area (Å²) in [6.45, 7) is 8.15. The van der Waals surface area contributed by atoms with E-state index in [0.717, 1.165) is 0 Å². The summed E-state index contributed by atoms with van der Waals surface area (Å²) in [4.78, 5) is 40.7. The molecule has 1 unspecified atom stereocenters. The van der Waals surface area contributed by atoms with E-state index in [1.54, 1.807) is 63.8 Å². The van der Waals surface area contributed by atoms with Crippen LogP contribution < -0.4 is 4.74 Å². The van der Waals surface area contributed by atoms with Crippen molar-refractivity contribution in [1.29, 1.82) is 0 Å². The first-order chi connectivity index (χ1) is 15.2. The number of carbonyl (C=O) groups is 3. The van der Waals surface area contributed by atoms with Crippen LogP contribution in [0, 0.1) is 13.8 Å². The molecule has 0 radical (unpaired) electrons. The van der Waals surface area contributed by atoms with E-state index >= 15 is 0 Å². The van der Waals surface area contributed by atoms with E-state index in [9.17, 15) is 14.4 Å². The number of ketones is 1. The van der Waals surface area contributed by atoms with Crippen molar-refractivity contribution in [2.75, 3.05) is 34.5 Å². The van der Waals surface area contributed by atoms with Gasteiger partial charge in [-0.2, -0.15) is 0 Å². The molecule has 0 saturated carbocycles. The van der Waals surface area contributed by atoms with Gasteiger partial charge in [-0.1, -0.05) is 0 Å². The molecule has 0 saturated heterocycles. The van der Waals surface area contributed by atoms with Crippen LogP contribution in [-0.2, 0) is 16.0 Å². The van der Waals surface area contributed by atoms with Gasteiger partial charge in [0.1, 0.15) is 11.4 Å². The fraction of sp³-hybridized carbons (Fsp3) is 0.458. The molecule has 0 fully saturated rings. The molecule has 1 aromatic heterocycles. The number of rotatable bonds is 10. The van der Waals surface area contributed by atoms with Crippen molar-refractivity contribution in [1.82, 2.24) is 9.47 Å². The second-order valence-corrected chi connectivity index (χ2v) is 7.43. The molecule has 0 aliphatic rings. The Kier molecular flexibility index (Phi) is 8.60. The van der Waals surface area contributed by atoms with Gasteiger partial charge in [-0.3, -0.25) is 9.59 Å². The van der Waals surface area contributed by atoms with E-state index in [2.05, 4.69) is 0 Å². The molecular weight excluding hydrogens is 412 g/mol. The van der Waals surface area contributed by atoms with E-state index in [0.29, 0.717) is 40.4 Å². The molecule has 0 aliphatic heterocycles. The number of hydrogen-bond acceptors (Lipinski definition) is 6. The normalized spacial score (nSPS) is 11.7. The molecule has 2 rings (SSSR count). The van der Waals surface area contributed by atoms with Gasteiger partial charge in [0.2, 0.25) is 0 Å². The fourth-order valence-corrected chi connectivity index (χ4v) is 3.92. The van der Waals surface area contributed by atoms with Gasteiger partial charge in [0.05, 0.1) is 26.9 Å². The topological polar surface area (TPSA) is 87.1 Å². The van der Waals surface area contributed by atoms with Crippen LogP contribution in [-0.4, -0.2) is 67.6 Å². The van der Waals surface area contributed by atoms with Crippen molar-refractivity contribution < 1.29 is 28.6 Å². The number of hydrogen-bond donors (Lipinski definition) is 0. The van der Waals surface area contributed by atoms with E-state index < -0.39 is 12.0 Å². The highest BCUT2D eigenvalue weighted by molar-refractivity contribution is 6.07. The zero-order chi connectivity index (χ0) is 24.0. The molecule has 0 aliphatic carbocycles. The molecule has 8 nitrogen and oxygen atoms in total. The monoisotopic (exact) mass is 444 g/mol. The lowest BCUT2D eigenvalue weighted by atomic mass is 9.99. The molecule has 1 amide bonds. The predicted octanol–water partition coefficient (Wildman–Crippen LogP) is 3.28. The highest BCUT2D eigenvalue weighted by Gasteiger charge is 2.33. The number of Topliss-reactive ketones (excluding diaryl/α,β-unsaturated/α-hetero) is 1. The summed E-state index contributed by atoms with van der Waals surface area (Å²) in [7, 11) is 4.41. The summed E-state index contributed by atoms with van der Waals surface area (Å²) < 4.78 is 17.0. The highest BCUT2D eigenvalue weighted by Crippen LogP contribution is 2.26. The first-order valence-corrected chi connectivity index (χ1v) is 10.5. The maximum Gasteiger partial charge on any atom is 0.354 e. The van der Waals surface area contributed by atoms with Crippen LogP contribution in [0.15, 0.2) is 24.3 Å². The van der Waals surface area contributed by atoms with Crippen LogP contribution in [0.3, 0.4) is 0 Å². The zero-order valence-electron chi connectivity index (χ0n) is 19.9. The van der Waals surface area contributed by atoms with Crippen LogP contribution in [0.25, 0.3) is 0 Å². The lowest BCUT2D eigenvalue weighted by Crippen LogP contribution is -2.45. The van der Waals surface area contributed by atoms with Gasteiger partial charge in [-0.25, -0.2) is 4.79 Å². The number of nitrogens with zero attached hydrogens (tertiary/aromatic N) is 2. The van der Waals surface area contributed by atoms with Crippen LogP contribution in [0.5, 0.6) is 5.75 Å². The maximum atomic E-state index is 13.6. The average Bonchev–Trinajstić information content (AvgIpc) is 3.06. The minimum absolute atomic E-state index is 0.240. The van der Waals surface area contributed by atoms with Gasteiger partial charge >= 0.3 is 5.97 Å². The van der Waals surface area contributed by atoms with Crippen molar-refractivity contribution in [3.63, 3.8) is 0 Å². The zero-order valence-corrected chi connectivity index (χ0v) is 19.9. The van der Waals surface area contributed by atoms with Crippen molar-refractivity contribution in [3.8, 4) is 5.75 Å². The Bertz CT molecular complexity index is 977. The van der Waals surface area contributed by atoms with Gasteiger partial charge in [0.25, 0.3) is 5.91 Å². The number of aromatic nitrogens is 1. The minimum atomic E-state index is -0.768. The average molecular weight is 445 g/mol. The molecule has 2 aromatic rings. The second kappa shape index (κ2) is 10.9. The quantitative estimate of drug-likeness (QED) is 0.413. The van der Waals surface area contributed by atoms with Gasteiger partial charge < -0.3 is 23.7 Å². The summed E-state index contributed by atoms with van der Waals surface area (Å²) in [5, 5.41) is 0. The Hall–Kier alpha value is -3.13. The third kappa shape index (κ3) is 4.85. The Balaban J connectivity index is 2.46. The molecule has 1 atom stereocenters. The second-order valence-electron chi connectivity index (χ2n) is 7.43. The third-order valence-corrected chi connectivity index (χ3v) is 5.69. The molecular formula is C24H32N2O6. The molecule has 0 bridgehead atoms. The first kappa shape index (κ1) is 25.1. The minimum Gasteiger partial charge on any atom is -0.497 e. The number of methoxy groups -OCH3 is 3. The molecule has 8 heteroatoms. The summed E-state index contributed by atoms with van der Waals surface area (Å²) in [5.41, 5.74) is 2.46. The number of benzene rings is 1. The molecule has 0 spiro atoms. The van der Waals surface area contributed by atoms with E-state index in [-0.39, 0.29) is 24.8 Å². The Morgan fingerprint density at radius 3 is 2.19 bits per heavy atom. The SMILES string of the molecule is CCn1c(C)c(C(=O)C(C)N(CCOC)C(=O)c2ccc(OC)cc2)c(C)c1C(=O)OC. The first-order valence-electron chi connectivity index (χ1n) is 10.5. The number of ether oxygens (including phenoxy) is 3. The van der Waals surface area contributed by atoms with E-state index in [1.165, 1.54) is 12.0 Å². The van der Waals surface area contributed by atoms with Crippen molar-refractivity contribution in [2.24, 2.45) is 0 Å². The molecule has 174 valence electrons. The lowest BCUT2D eigenvalue weighted by Gasteiger charge is -2.28. The summed E-state index contributed by atoms with van der Waals surface area (Å²) in [5.74, 6) is -0.388. The van der Waals surface area contributed by atoms with Crippen LogP contribution >= 0.6 is 0 Å². The van der Waals surface area contributed by atoms with Crippen LogP contribution in [0.1, 0.15) is 56.3 Å². The van der Waals surface area contributed by atoms with Gasteiger partial charge in [-0.15, -0.1) is 0 Å². The smallest absolute Gasteiger partial charge is 0.354 e. The third-order valence-electron chi connectivity index (χ3n) is 5.69. The van der Waals surface area contributed by atoms with Crippen LogP contribution in [0.4, 0.5) is 0 Å². The van der Waals surface area contributed by atoms with Gasteiger partial charge in [0.15, 0.2) is 5.78 Å². The Morgan fingerprint density at radius 1 is 1.06 bits per heavy atom. The molecule has 32 heavy (non-hydrogen) atoms. The Labute approximate surface area is 189 Å². The predicted molar refractivity (Wildman–Crippen MR) is 121 cm³/mol. The van der Waals surface area contributed by atoms with Crippen molar-refractivity contribution in [3.05, 3.63) is 52.3 Å². The standard InChI is InChI=1S/C24H32N2O6/c1-8-25-16(3)20(15(2)21(25)24(29)32-7)22(27)17(4)26(13-14-30-5)23(28)18-9-11-19(31-6)12-10-18/h9-12,17H,8,13-14H2,1-7H3. The van der Waals surface area contributed by atoms with E-state index in [1.807, 2.05) is 6.92 Å². The number of carbonyl (C=O) groups excluding carboxylic acids is 3. The highest BCUT2D eigenvalue weighted by atomic mass is 16.5. The summed E-state index contributed by atoms with van der Waals surface area (Å²) in [6, 6.07) is 5.96. The van der Waals surface area contributed by atoms with Crippen molar-refractivity contribution in [2.45, 2.75) is 40.3 Å². The Morgan fingerprint density at radius 2 is 1.69 bits per heavy atom. The van der Waals surface area contributed by atoms with Gasteiger partial charge in [-0.05, 0) is 57.5 Å². The largest absolute Gasteiger partial charge is 0.497 e. The lowest BCUT2D eigenvalue weighted by molar-refractivity contribution is 0.0563. The van der Waals surface area contributed by atoms with E-state index in [4.69, 9.17) is 14.2 Å². The van der Waals surface area contributed by atoms with Crippen molar-refractivity contribution >= 4 is 17.7 Å². The van der Waals surface area contributed by atoms with Gasteiger partial charge in [0, 0.05) is 37.0 Å². The fourth-order valence-electron chi connectivity index (χ4n) is 3.92. The maximum absolute atomic E-state index is 13.6. The number of amides is 1. The number of esters is 1. The molecule has 1 heterocycles. The molecule has 0 N–H and O–H groups in total.